The lowest BCUT2D eigenvalue weighted by atomic mass is 10.0. The first kappa shape index (κ1) is 26.2. The third kappa shape index (κ3) is 6.53. The standard InChI is InChI=1S/C32H35ClN4O/c1-2-6-32(38)37(28-16-19-36(20-17-28)22-24-7-4-3-5-8-24)23-25-9-12-27(13-10-25)35-30-15-18-34-31-21-26(33)11-14-29(30)31/h3-5,7-15,18,21,28H,2,6,16-17,19-20,22-23H2,1H3,(H,34,35). The number of hydrogen-bond acceptors (Lipinski definition) is 4. The summed E-state index contributed by atoms with van der Waals surface area (Å²) < 4.78 is 0. The van der Waals surface area contributed by atoms with Gasteiger partial charge in [-0.05, 0) is 66.8 Å². The van der Waals surface area contributed by atoms with Crippen molar-refractivity contribution in [3.05, 3.63) is 101 Å². The SMILES string of the molecule is CCCC(=O)N(Cc1ccc(Nc2ccnc3cc(Cl)ccc23)cc1)C1CCN(Cc2ccccc2)CC1. The Morgan fingerprint density at radius 3 is 2.50 bits per heavy atom. The lowest BCUT2D eigenvalue weighted by Gasteiger charge is -2.39. The van der Waals surface area contributed by atoms with Gasteiger partial charge in [-0.3, -0.25) is 14.7 Å². The molecule has 3 aromatic carbocycles. The minimum atomic E-state index is 0.262. The molecule has 0 aliphatic carbocycles. The number of fused-ring (bicyclic) bond motifs is 1. The number of piperidine rings is 1. The molecule has 5 nitrogen and oxygen atoms in total. The van der Waals surface area contributed by atoms with Gasteiger partial charge in [-0.25, -0.2) is 0 Å². The molecule has 2 heterocycles. The molecule has 0 spiro atoms. The second-order valence-electron chi connectivity index (χ2n) is 10.1. The van der Waals surface area contributed by atoms with E-state index in [-0.39, 0.29) is 11.9 Å². The van der Waals surface area contributed by atoms with Crippen molar-refractivity contribution in [2.75, 3.05) is 18.4 Å². The Hall–Kier alpha value is -3.41. The zero-order valence-corrected chi connectivity index (χ0v) is 22.7. The van der Waals surface area contributed by atoms with E-state index in [1.807, 2.05) is 24.3 Å². The molecule has 1 aromatic heterocycles. The Bertz CT molecular complexity index is 1350. The minimum absolute atomic E-state index is 0.262. The molecular formula is C32H35ClN4O. The molecule has 196 valence electrons. The summed E-state index contributed by atoms with van der Waals surface area (Å²) in [6, 6.07) is 27.1. The van der Waals surface area contributed by atoms with Gasteiger partial charge in [-0.15, -0.1) is 0 Å². The van der Waals surface area contributed by atoms with Crippen molar-refractivity contribution in [1.82, 2.24) is 14.8 Å². The molecule has 1 fully saturated rings. The van der Waals surface area contributed by atoms with Crippen LogP contribution in [0.3, 0.4) is 0 Å². The van der Waals surface area contributed by atoms with Gasteiger partial charge in [0, 0.05) is 66.6 Å². The van der Waals surface area contributed by atoms with Gasteiger partial charge in [-0.1, -0.05) is 61.0 Å². The first-order chi connectivity index (χ1) is 18.6. The second-order valence-corrected chi connectivity index (χ2v) is 10.5. The van der Waals surface area contributed by atoms with Crippen molar-refractivity contribution in [2.24, 2.45) is 0 Å². The van der Waals surface area contributed by atoms with Crippen LogP contribution in [0.5, 0.6) is 0 Å². The molecule has 0 bridgehead atoms. The Labute approximate surface area is 230 Å². The zero-order chi connectivity index (χ0) is 26.3. The van der Waals surface area contributed by atoms with Gasteiger partial charge in [0.1, 0.15) is 0 Å². The molecule has 1 aliphatic rings. The lowest BCUT2D eigenvalue weighted by Crippen LogP contribution is -2.46. The quantitative estimate of drug-likeness (QED) is 0.246. The van der Waals surface area contributed by atoms with Crippen LogP contribution in [0.25, 0.3) is 10.9 Å². The van der Waals surface area contributed by atoms with Gasteiger partial charge in [0.15, 0.2) is 0 Å². The van der Waals surface area contributed by atoms with Crippen LogP contribution >= 0.6 is 11.6 Å². The fraction of sp³-hybridized carbons (Fsp3) is 0.312. The normalized spacial score (nSPS) is 14.5. The Kier molecular flexibility index (Phi) is 8.57. The predicted molar refractivity (Wildman–Crippen MR) is 157 cm³/mol. The number of nitrogens with zero attached hydrogens (tertiary/aromatic N) is 3. The van der Waals surface area contributed by atoms with Gasteiger partial charge in [0.05, 0.1) is 5.52 Å². The number of aromatic nitrogens is 1. The Morgan fingerprint density at radius 1 is 1.00 bits per heavy atom. The molecule has 5 rings (SSSR count). The Balaban J connectivity index is 1.24. The number of likely N-dealkylation sites (tertiary alicyclic amines) is 1. The molecule has 6 heteroatoms. The molecule has 1 amide bonds. The Morgan fingerprint density at radius 2 is 1.76 bits per heavy atom. The third-order valence-corrected chi connectivity index (χ3v) is 7.56. The van der Waals surface area contributed by atoms with Crippen molar-refractivity contribution in [1.29, 1.82) is 0 Å². The van der Waals surface area contributed by atoms with Crippen LogP contribution in [-0.4, -0.2) is 39.8 Å². The summed E-state index contributed by atoms with van der Waals surface area (Å²) in [5.74, 6) is 0.262. The lowest BCUT2D eigenvalue weighted by molar-refractivity contribution is -0.135. The second kappa shape index (κ2) is 12.4. The highest BCUT2D eigenvalue weighted by atomic mass is 35.5. The van der Waals surface area contributed by atoms with Crippen molar-refractivity contribution in [3.63, 3.8) is 0 Å². The highest BCUT2D eigenvalue weighted by molar-refractivity contribution is 6.31. The van der Waals surface area contributed by atoms with E-state index >= 15 is 0 Å². The minimum Gasteiger partial charge on any atom is -0.355 e. The van der Waals surface area contributed by atoms with E-state index in [2.05, 4.69) is 81.6 Å². The molecule has 0 unspecified atom stereocenters. The highest BCUT2D eigenvalue weighted by Crippen LogP contribution is 2.28. The number of rotatable bonds is 9. The average Bonchev–Trinajstić information content (AvgIpc) is 2.94. The monoisotopic (exact) mass is 526 g/mol. The fourth-order valence-corrected chi connectivity index (χ4v) is 5.45. The summed E-state index contributed by atoms with van der Waals surface area (Å²) in [4.78, 5) is 22.2. The number of nitrogens with one attached hydrogen (secondary N) is 1. The van der Waals surface area contributed by atoms with E-state index in [4.69, 9.17) is 11.6 Å². The summed E-state index contributed by atoms with van der Waals surface area (Å²) in [5, 5.41) is 5.21. The van der Waals surface area contributed by atoms with E-state index in [0.717, 1.165) is 66.7 Å². The number of halogens is 1. The van der Waals surface area contributed by atoms with Gasteiger partial charge < -0.3 is 10.2 Å². The first-order valence-corrected chi connectivity index (χ1v) is 13.9. The highest BCUT2D eigenvalue weighted by Gasteiger charge is 2.27. The number of anilines is 2. The van der Waals surface area contributed by atoms with Crippen LogP contribution in [-0.2, 0) is 17.9 Å². The molecule has 1 aliphatic heterocycles. The smallest absolute Gasteiger partial charge is 0.223 e. The van der Waals surface area contributed by atoms with E-state index in [1.54, 1.807) is 6.20 Å². The van der Waals surface area contributed by atoms with Gasteiger partial charge in [0.2, 0.25) is 5.91 Å². The maximum Gasteiger partial charge on any atom is 0.223 e. The van der Waals surface area contributed by atoms with Crippen molar-refractivity contribution in [3.8, 4) is 0 Å². The van der Waals surface area contributed by atoms with Crippen LogP contribution in [0, 0.1) is 0 Å². The molecule has 1 N–H and O–H groups in total. The molecule has 0 radical (unpaired) electrons. The number of pyridine rings is 1. The van der Waals surface area contributed by atoms with E-state index in [1.165, 1.54) is 5.56 Å². The number of carbonyl (C=O) groups excluding carboxylic acids is 1. The summed E-state index contributed by atoms with van der Waals surface area (Å²) in [7, 11) is 0. The number of carbonyl (C=O) groups is 1. The summed E-state index contributed by atoms with van der Waals surface area (Å²) in [6.07, 6.45) is 5.29. The maximum absolute atomic E-state index is 13.2. The summed E-state index contributed by atoms with van der Waals surface area (Å²) in [6.45, 7) is 5.74. The van der Waals surface area contributed by atoms with Crippen molar-refractivity contribution >= 4 is 39.8 Å². The number of benzene rings is 3. The van der Waals surface area contributed by atoms with Gasteiger partial charge >= 0.3 is 0 Å². The predicted octanol–water partition coefficient (Wildman–Crippen LogP) is 7.43. The van der Waals surface area contributed by atoms with Crippen LogP contribution in [0.1, 0.15) is 43.7 Å². The van der Waals surface area contributed by atoms with Crippen LogP contribution in [0.4, 0.5) is 11.4 Å². The van der Waals surface area contributed by atoms with Crippen molar-refractivity contribution in [2.45, 2.75) is 51.7 Å². The topological polar surface area (TPSA) is 48.5 Å². The zero-order valence-electron chi connectivity index (χ0n) is 21.9. The largest absolute Gasteiger partial charge is 0.355 e. The van der Waals surface area contributed by atoms with E-state index in [9.17, 15) is 4.79 Å². The average molecular weight is 527 g/mol. The van der Waals surface area contributed by atoms with Gasteiger partial charge in [-0.2, -0.15) is 0 Å². The number of hydrogen-bond donors (Lipinski definition) is 1. The molecule has 38 heavy (non-hydrogen) atoms. The van der Waals surface area contributed by atoms with E-state index < -0.39 is 0 Å². The molecule has 4 aromatic rings. The van der Waals surface area contributed by atoms with Crippen LogP contribution < -0.4 is 5.32 Å². The number of amides is 1. The first-order valence-electron chi connectivity index (χ1n) is 13.5. The molecule has 1 saturated heterocycles. The summed E-state index contributed by atoms with van der Waals surface area (Å²) >= 11 is 6.14. The van der Waals surface area contributed by atoms with E-state index in [0.29, 0.717) is 18.0 Å². The fourth-order valence-electron chi connectivity index (χ4n) is 5.29. The molecule has 0 atom stereocenters. The van der Waals surface area contributed by atoms with Crippen LogP contribution in [0.15, 0.2) is 85.1 Å². The molecular weight excluding hydrogens is 492 g/mol. The maximum atomic E-state index is 13.2. The summed E-state index contributed by atoms with van der Waals surface area (Å²) in [5.41, 5.74) is 5.34. The van der Waals surface area contributed by atoms with Crippen molar-refractivity contribution < 1.29 is 4.79 Å². The molecule has 0 saturated carbocycles. The van der Waals surface area contributed by atoms with Gasteiger partial charge in [0.25, 0.3) is 0 Å². The van der Waals surface area contributed by atoms with Crippen LogP contribution in [0.2, 0.25) is 5.02 Å². The third-order valence-electron chi connectivity index (χ3n) is 7.32.